The van der Waals surface area contributed by atoms with Crippen LogP contribution in [0.3, 0.4) is 0 Å². The van der Waals surface area contributed by atoms with Crippen LogP contribution in [0.5, 0.6) is 5.88 Å². The summed E-state index contributed by atoms with van der Waals surface area (Å²) in [6.07, 6.45) is 4.19. The molecule has 1 aliphatic rings. The number of ether oxygens (including phenoxy) is 1. The number of benzene rings is 1. The van der Waals surface area contributed by atoms with Crippen molar-refractivity contribution in [1.29, 1.82) is 0 Å². The SMILES string of the molecule is Brc1cccc2c(OCC3CCNCC3)nccc12. The molecule has 0 amide bonds. The van der Waals surface area contributed by atoms with Gasteiger partial charge in [-0.2, -0.15) is 0 Å². The number of piperidine rings is 1. The Balaban J connectivity index is 1.79. The molecule has 0 unspecified atom stereocenters. The molecule has 2 heterocycles. The average Bonchev–Trinajstić information content (AvgIpc) is 2.47. The molecule has 1 aromatic carbocycles. The van der Waals surface area contributed by atoms with Crippen molar-refractivity contribution in [3.8, 4) is 5.88 Å². The number of hydrogen-bond acceptors (Lipinski definition) is 3. The van der Waals surface area contributed by atoms with E-state index in [1.807, 2.05) is 24.4 Å². The van der Waals surface area contributed by atoms with Gasteiger partial charge in [-0.1, -0.05) is 22.0 Å². The molecule has 1 N–H and O–H groups in total. The third-order valence-corrected chi connectivity index (χ3v) is 4.32. The lowest BCUT2D eigenvalue weighted by atomic mass is 9.99. The van der Waals surface area contributed by atoms with Crippen molar-refractivity contribution in [1.82, 2.24) is 10.3 Å². The third-order valence-electron chi connectivity index (χ3n) is 3.63. The number of nitrogens with zero attached hydrogens (tertiary/aromatic N) is 1. The molecule has 0 radical (unpaired) electrons. The van der Waals surface area contributed by atoms with Crippen LogP contribution in [-0.2, 0) is 0 Å². The molecule has 4 heteroatoms. The van der Waals surface area contributed by atoms with Crippen molar-refractivity contribution in [3.05, 3.63) is 34.9 Å². The van der Waals surface area contributed by atoms with Crippen LogP contribution in [0.4, 0.5) is 0 Å². The van der Waals surface area contributed by atoms with Gasteiger partial charge in [-0.25, -0.2) is 4.98 Å². The van der Waals surface area contributed by atoms with Crippen molar-refractivity contribution in [3.63, 3.8) is 0 Å². The lowest BCUT2D eigenvalue weighted by Gasteiger charge is -2.22. The molecule has 0 spiro atoms. The van der Waals surface area contributed by atoms with Crippen molar-refractivity contribution in [2.45, 2.75) is 12.8 Å². The smallest absolute Gasteiger partial charge is 0.221 e. The number of aromatic nitrogens is 1. The van der Waals surface area contributed by atoms with E-state index in [0.29, 0.717) is 5.92 Å². The Hall–Kier alpha value is -1.13. The minimum atomic E-state index is 0.644. The zero-order valence-electron chi connectivity index (χ0n) is 10.7. The summed E-state index contributed by atoms with van der Waals surface area (Å²) in [5, 5.41) is 5.60. The Labute approximate surface area is 121 Å². The van der Waals surface area contributed by atoms with Gasteiger partial charge >= 0.3 is 0 Å². The van der Waals surface area contributed by atoms with Gasteiger partial charge in [0.2, 0.25) is 5.88 Å². The molecule has 1 aromatic heterocycles. The second kappa shape index (κ2) is 5.88. The van der Waals surface area contributed by atoms with Crippen molar-refractivity contribution in [2.24, 2.45) is 5.92 Å². The molecule has 19 heavy (non-hydrogen) atoms. The molecule has 3 rings (SSSR count). The molecule has 2 aromatic rings. The molecule has 1 saturated heterocycles. The van der Waals surface area contributed by atoms with Gasteiger partial charge in [0.05, 0.1) is 6.61 Å². The summed E-state index contributed by atoms with van der Waals surface area (Å²) in [7, 11) is 0. The Bertz CT molecular complexity index is 567. The molecule has 1 fully saturated rings. The van der Waals surface area contributed by atoms with E-state index in [0.717, 1.165) is 40.8 Å². The first kappa shape index (κ1) is 12.9. The number of pyridine rings is 1. The summed E-state index contributed by atoms with van der Waals surface area (Å²) in [5.41, 5.74) is 0. The maximum atomic E-state index is 5.95. The number of halogens is 1. The van der Waals surface area contributed by atoms with Crippen LogP contribution < -0.4 is 10.1 Å². The highest BCUT2D eigenvalue weighted by atomic mass is 79.9. The van der Waals surface area contributed by atoms with Crippen LogP contribution >= 0.6 is 15.9 Å². The zero-order chi connectivity index (χ0) is 13.1. The van der Waals surface area contributed by atoms with Crippen molar-refractivity contribution >= 4 is 26.7 Å². The minimum Gasteiger partial charge on any atom is -0.477 e. The van der Waals surface area contributed by atoms with Gasteiger partial charge in [-0.3, -0.25) is 0 Å². The summed E-state index contributed by atoms with van der Waals surface area (Å²) in [4.78, 5) is 4.37. The summed E-state index contributed by atoms with van der Waals surface area (Å²) in [6, 6.07) is 8.13. The summed E-state index contributed by atoms with van der Waals surface area (Å²) >= 11 is 3.57. The zero-order valence-corrected chi connectivity index (χ0v) is 12.3. The summed E-state index contributed by atoms with van der Waals surface area (Å²) in [5.74, 6) is 1.39. The highest BCUT2D eigenvalue weighted by Crippen LogP contribution is 2.29. The minimum absolute atomic E-state index is 0.644. The molecule has 100 valence electrons. The van der Waals surface area contributed by atoms with E-state index in [9.17, 15) is 0 Å². The molecule has 0 aliphatic carbocycles. The van der Waals surface area contributed by atoms with E-state index in [1.165, 1.54) is 12.8 Å². The van der Waals surface area contributed by atoms with Crippen molar-refractivity contribution in [2.75, 3.05) is 19.7 Å². The van der Waals surface area contributed by atoms with Gasteiger partial charge in [0.1, 0.15) is 0 Å². The fourth-order valence-corrected chi connectivity index (χ4v) is 3.00. The monoisotopic (exact) mass is 320 g/mol. The van der Waals surface area contributed by atoms with Crippen LogP contribution in [0.2, 0.25) is 0 Å². The second-order valence-electron chi connectivity index (χ2n) is 4.96. The lowest BCUT2D eigenvalue weighted by Crippen LogP contribution is -2.30. The maximum Gasteiger partial charge on any atom is 0.221 e. The Morgan fingerprint density at radius 1 is 1.21 bits per heavy atom. The summed E-state index contributed by atoms with van der Waals surface area (Å²) < 4.78 is 7.04. The Morgan fingerprint density at radius 2 is 2.05 bits per heavy atom. The van der Waals surface area contributed by atoms with Crippen molar-refractivity contribution < 1.29 is 4.74 Å². The van der Waals surface area contributed by atoms with Crippen LogP contribution in [0.1, 0.15) is 12.8 Å². The Morgan fingerprint density at radius 3 is 2.89 bits per heavy atom. The molecule has 0 bridgehead atoms. The first-order valence-electron chi connectivity index (χ1n) is 6.71. The van der Waals surface area contributed by atoms with Crippen LogP contribution in [0, 0.1) is 5.92 Å². The largest absolute Gasteiger partial charge is 0.477 e. The van der Waals surface area contributed by atoms with E-state index in [1.54, 1.807) is 0 Å². The van der Waals surface area contributed by atoms with E-state index < -0.39 is 0 Å². The van der Waals surface area contributed by atoms with Crippen LogP contribution in [0.25, 0.3) is 10.8 Å². The highest BCUT2D eigenvalue weighted by molar-refractivity contribution is 9.10. The standard InChI is InChI=1S/C15H17BrN2O/c16-14-3-1-2-13-12(14)6-9-18-15(13)19-10-11-4-7-17-8-5-11/h1-3,6,9,11,17H,4-5,7-8,10H2. The van der Waals surface area contributed by atoms with E-state index >= 15 is 0 Å². The maximum absolute atomic E-state index is 5.95. The molecular weight excluding hydrogens is 304 g/mol. The number of rotatable bonds is 3. The first-order valence-corrected chi connectivity index (χ1v) is 7.50. The van der Waals surface area contributed by atoms with Crippen LogP contribution in [0.15, 0.2) is 34.9 Å². The Kier molecular flexibility index (Phi) is 3.99. The van der Waals surface area contributed by atoms with Gasteiger partial charge in [0.25, 0.3) is 0 Å². The predicted octanol–water partition coefficient (Wildman–Crippen LogP) is 3.38. The summed E-state index contributed by atoms with van der Waals surface area (Å²) in [6.45, 7) is 2.96. The molecule has 0 atom stereocenters. The van der Waals surface area contributed by atoms with E-state index in [4.69, 9.17) is 4.74 Å². The quantitative estimate of drug-likeness (QED) is 0.941. The van der Waals surface area contributed by atoms with Gasteiger partial charge in [-0.05, 0) is 50.0 Å². The van der Waals surface area contributed by atoms with Gasteiger partial charge < -0.3 is 10.1 Å². The first-order chi connectivity index (χ1) is 9.34. The number of fused-ring (bicyclic) bond motifs is 1. The fraction of sp³-hybridized carbons (Fsp3) is 0.400. The van der Waals surface area contributed by atoms with E-state index in [2.05, 4.69) is 32.3 Å². The second-order valence-corrected chi connectivity index (χ2v) is 5.81. The molecule has 1 aliphatic heterocycles. The average molecular weight is 321 g/mol. The molecule has 3 nitrogen and oxygen atoms in total. The fourth-order valence-electron chi connectivity index (χ4n) is 2.50. The molecular formula is C15H17BrN2O. The topological polar surface area (TPSA) is 34.1 Å². The van der Waals surface area contributed by atoms with Crippen LogP contribution in [-0.4, -0.2) is 24.7 Å². The van der Waals surface area contributed by atoms with E-state index in [-0.39, 0.29) is 0 Å². The normalized spacial score (nSPS) is 16.7. The number of nitrogens with one attached hydrogen (secondary N) is 1. The predicted molar refractivity (Wildman–Crippen MR) is 80.5 cm³/mol. The van der Waals surface area contributed by atoms with Gasteiger partial charge in [0.15, 0.2) is 0 Å². The van der Waals surface area contributed by atoms with Gasteiger partial charge in [-0.15, -0.1) is 0 Å². The highest BCUT2D eigenvalue weighted by Gasteiger charge is 2.14. The number of hydrogen-bond donors (Lipinski definition) is 1. The van der Waals surface area contributed by atoms with Gasteiger partial charge in [0, 0.05) is 21.4 Å². The lowest BCUT2D eigenvalue weighted by molar-refractivity contribution is 0.211. The molecule has 0 saturated carbocycles. The third kappa shape index (κ3) is 2.90.